The van der Waals surface area contributed by atoms with E-state index in [1.165, 1.54) is 29.2 Å². The predicted molar refractivity (Wildman–Crippen MR) is 121 cm³/mol. The molecule has 0 radical (unpaired) electrons. The van der Waals surface area contributed by atoms with Crippen LogP contribution in [-0.2, 0) is 14.3 Å². The monoisotopic (exact) mass is 437 g/mol. The SMILES string of the molecule is Cc1ccc(NC2=C(c3ccc(F)cc3)C(=O)N(CCCN3CCOCC3)C2=O)cc1C. The maximum Gasteiger partial charge on any atom is 0.278 e. The Kier molecular flexibility index (Phi) is 6.67. The zero-order chi connectivity index (χ0) is 22.7. The molecule has 32 heavy (non-hydrogen) atoms. The Bertz CT molecular complexity index is 1040. The summed E-state index contributed by atoms with van der Waals surface area (Å²) in [7, 11) is 0. The Labute approximate surface area is 187 Å². The summed E-state index contributed by atoms with van der Waals surface area (Å²) in [6, 6.07) is 11.5. The molecule has 7 heteroatoms. The predicted octanol–water partition coefficient (Wildman–Crippen LogP) is 3.36. The molecular formula is C25H28FN3O3. The highest BCUT2D eigenvalue weighted by Gasteiger charge is 2.39. The summed E-state index contributed by atoms with van der Waals surface area (Å²) in [6.45, 7) is 8.28. The summed E-state index contributed by atoms with van der Waals surface area (Å²) in [5, 5.41) is 3.17. The molecule has 2 aromatic rings. The first-order valence-electron chi connectivity index (χ1n) is 10.9. The molecule has 1 fully saturated rings. The van der Waals surface area contributed by atoms with Crippen molar-refractivity contribution in [3.63, 3.8) is 0 Å². The summed E-state index contributed by atoms with van der Waals surface area (Å²) in [4.78, 5) is 30.1. The fourth-order valence-electron chi connectivity index (χ4n) is 4.02. The second-order valence-corrected chi connectivity index (χ2v) is 8.25. The van der Waals surface area contributed by atoms with E-state index < -0.39 is 5.82 Å². The minimum atomic E-state index is -0.392. The van der Waals surface area contributed by atoms with Crippen molar-refractivity contribution in [3.05, 3.63) is 70.7 Å². The van der Waals surface area contributed by atoms with Crippen LogP contribution in [0.2, 0.25) is 0 Å². The molecule has 0 aromatic heterocycles. The molecule has 2 aromatic carbocycles. The van der Waals surface area contributed by atoms with Crippen LogP contribution in [0.3, 0.4) is 0 Å². The summed E-state index contributed by atoms with van der Waals surface area (Å²) in [5.74, 6) is -1.10. The van der Waals surface area contributed by atoms with Crippen molar-refractivity contribution in [2.45, 2.75) is 20.3 Å². The number of carbonyl (C=O) groups excluding carboxylic acids is 2. The number of nitrogens with one attached hydrogen (secondary N) is 1. The lowest BCUT2D eigenvalue weighted by Crippen LogP contribution is -2.39. The number of nitrogens with zero attached hydrogens (tertiary/aromatic N) is 2. The van der Waals surface area contributed by atoms with Gasteiger partial charge in [0.25, 0.3) is 11.8 Å². The Morgan fingerprint density at radius 1 is 0.938 bits per heavy atom. The first-order valence-corrected chi connectivity index (χ1v) is 10.9. The molecule has 0 bridgehead atoms. The van der Waals surface area contributed by atoms with Crippen molar-refractivity contribution in [1.82, 2.24) is 9.80 Å². The average Bonchev–Trinajstić information content (AvgIpc) is 3.02. The molecular weight excluding hydrogens is 409 g/mol. The molecule has 4 rings (SSSR count). The number of morpholine rings is 1. The molecule has 2 aliphatic rings. The number of hydrogen-bond acceptors (Lipinski definition) is 5. The van der Waals surface area contributed by atoms with E-state index in [9.17, 15) is 14.0 Å². The van der Waals surface area contributed by atoms with Crippen LogP contribution in [0.4, 0.5) is 10.1 Å². The van der Waals surface area contributed by atoms with Gasteiger partial charge in [0, 0.05) is 31.9 Å². The standard InChI is InChI=1S/C25H28FN3O3/c1-17-4-9-21(16-18(17)2)27-23-22(19-5-7-20(26)8-6-19)24(30)29(25(23)31)11-3-10-28-12-14-32-15-13-28/h4-9,16,27H,3,10-15H2,1-2H3. The zero-order valence-electron chi connectivity index (χ0n) is 18.5. The fourth-order valence-corrected chi connectivity index (χ4v) is 4.02. The number of hydrogen-bond donors (Lipinski definition) is 1. The molecule has 0 atom stereocenters. The van der Waals surface area contributed by atoms with Gasteiger partial charge in [0.05, 0.1) is 18.8 Å². The van der Waals surface area contributed by atoms with Gasteiger partial charge >= 0.3 is 0 Å². The van der Waals surface area contributed by atoms with Gasteiger partial charge in [-0.2, -0.15) is 0 Å². The second kappa shape index (κ2) is 9.63. The molecule has 0 saturated carbocycles. The maximum absolute atomic E-state index is 13.5. The number of anilines is 1. The van der Waals surface area contributed by atoms with Crippen molar-refractivity contribution in [2.24, 2.45) is 0 Å². The molecule has 0 spiro atoms. The van der Waals surface area contributed by atoms with Gasteiger partial charge in [-0.1, -0.05) is 18.2 Å². The van der Waals surface area contributed by atoms with E-state index >= 15 is 0 Å². The van der Waals surface area contributed by atoms with Gasteiger partial charge < -0.3 is 10.1 Å². The van der Waals surface area contributed by atoms with Crippen LogP contribution in [0, 0.1) is 19.7 Å². The average molecular weight is 438 g/mol. The van der Waals surface area contributed by atoms with Gasteiger partial charge in [-0.15, -0.1) is 0 Å². The lowest BCUT2D eigenvalue weighted by atomic mass is 10.0. The van der Waals surface area contributed by atoms with Crippen molar-refractivity contribution in [2.75, 3.05) is 44.7 Å². The number of aryl methyl sites for hydroxylation is 2. The number of amides is 2. The van der Waals surface area contributed by atoms with Crippen LogP contribution in [0.25, 0.3) is 5.57 Å². The highest BCUT2D eigenvalue weighted by Crippen LogP contribution is 2.31. The number of benzene rings is 2. The molecule has 0 unspecified atom stereocenters. The third-order valence-electron chi connectivity index (χ3n) is 6.04. The van der Waals surface area contributed by atoms with Gasteiger partial charge in [-0.25, -0.2) is 4.39 Å². The minimum absolute atomic E-state index is 0.233. The topological polar surface area (TPSA) is 61.9 Å². The number of carbonyl (C=O) groups is 2. The normalized spacial score (nSPS) is 17.4. The van der Waals surface area contributed by atoms with Crippen LogP contribution in [-0.4, -0.2) is 61.0 Å². The van der Waals surface area contributed by atoms with Crippen LogP contribution < -0.4 is 5.32 Å². The van der Waals surface area contributed by atoms with E-state index in [0.717, 1.165) is 36.4 Å². The first kappa shape index (κ1) is 22.2. The second-order valence-electron chi connectivity index (χ2n) is 8.25. The Balaban J connectivity index is 1.57. The van der Waals surface area contributed by atoms with Gasteiger partial charge in [0.15, 0.2) is 0 Å². The number of halogens is 1. The van der Waals surface area contributed by atoms with Gasteiger partial charge in [0.1, 0.15) is 11.5 Å². The molecule has 1 N–H and O–H groups in total. The largest absolute Gasteiger partial charge is 0.379 e. The van der Waals surface area contributed by atoms with E-state index in [1.807, 2.05) is 32.0 Å². The van der Waals surface area contributed by atoms with Gasteiger partial charge in [-0.05, 0) is 61.2 Å². The number of ether oxygens (including phenoxy) is 1. The van der Waals surface area contributed by atoms with Crippen LogP contribution in [0.15, 0.2) is 48.2 Å². The lowest BCUT2D eigenvalue weighted by Gasteiger charge is -2.27. The Morgan fingerprint density at radius 2 is 1.66 bits per heavy atom. The summed E-state index contributed by atoms with van der Waals surface area (Å²) in [5.41, 5.74) is 3.99. The molecule has 2 amide bonds. The maximum atomic E-state index is 13.5. The molecule has 2 heterocycles. The van der Waals surface area contributed by atoms with E-state index in [-0.39, 0.29) is 23.1 Å². The Hall–Kier alpha value is -3.03. The molecule has 2 aliphatic heterocycles. The van der Waals surface area contributed by atoms with Crippen LogP contribution in [0.1, 0.15) is 23.1 Å². The molecule has 1 saturated heterocycles. The van der Waals surface area contributed by atoms with E-state index in [1.54, 1.807) is 0 Å². The van der Waals surface area contributed by atoms with Gasteiger partial charge in [0.2, 0.25) is 0 Å². The molecule has 168 valence electrons. The lowest BCUT2D eigenvalue weighted by molar-refractivity contribution is -0.136. The van der Waals surface area contributed by atoms with E-state index in [0.29, 0.717) is 31.7 Å². The van der Waals surface area contributed by atoms with Crippen molar-refractivity contribution in [3.8, 4) is 0 Å². The van der Waals surface area contributed by atoms with Crippen molar-refractivity contribution in [1.29, 1.82) is 0 Å². The number of rotatable bonds is 7. The van der Waals surface area contributed by atoms with E-state index in [2.05, 4.69) is 10.2 Å². The molecule has 6 nitrogen and oxygen atoms in total. The third kappa shape index (κ3) is 4.74. The quantitative estimate of drug-likeness (QED) is 0.673. The van der Waals surface area contributed by atoms with Crippen LogP contribution in [0.5, 0.6) is 0 Å². The number of imide groups is 1. The summed E-state index contributed by atoms with van der Waals surface area (Å²) >= 11 is 0. The van der Waals surface area contributed by atoms with Crippen molar-refractivity contribution < 1.29 is 18.7 Å². The third-order valence-corrected chi connectivity index (χ3v) is 6.04. The molecule has 0 aliphatic carbocycles. The van der Waals surface area contributed by atoms with Crippen LogP contribution >= 0.6 is 0 Å². The fraction of sp³-hybridized carbons (Fsp3) is 0.360. The highest BCUT2D eigenvalue weighted by molar-refractivity contribution is 6.36. The van der Waals surface area contributed by atoms with Crippen molar-refractivity contribution >= 4 is 23.1 Å². The summed E-state index contributed by atoms with van der Waals surface area (Å²) in [6.07, 6.45) is 0.686. The highest BCUT2D eigenvalue weighted by atomic mass is 19.1. The Morgan fingerprint density at radius 3 is 2.34 bits per heavy atom. The van der Waals surface area contributed by atoms with E-state index in [4.69, 9.17) is 4.74 Å². The smallest absolute Gasteiger partial charge is 0.278 e. The zero-order valence-corrected chi connectivity index (χ0v) is 18.5. The minimum Gasteiger partial charge on any atom is -0.379 e. The van der Waals surface area contributed by atoms with Gasteiger partial charge in [-0.3, -0.25) is 19.4 Å². The summed E-state index contributed by atoms with van der Waals surface area (Å²) < 4.78 is 18.9. The first-order chi connectivity index (χ1) is 15.4.